The molecule has 3 aromatic carbocycles. The lowest BCUT2D eigenvalue weighted by Crippen LogP contribution is -2.54. The Kier molecular flexibility index (Phi) is 6.09. The Morgan fingerprint density at radius 3 is 2.47 bits per heavy atom. The van der Waals surface area contributed by atoms with Crippen LogP contribution in [0.25, 0.3) is 6.08 Å². The highest BCUT2D eigenvalue weighted by atomic mass is 32.1. The van der Waals surface area contributed by atoms with Gasteiger partial charge in [-0.2, -0.15) is 0 Å². The molecule has 0 spiro atoms. The van der Waals surface area contributed by atoms with Crippen LogP contribution in [0.2, 0.25) is 0 Å². The summed E-state index contributed by atoms with van der Waals surface area (Å²) in [6, 6.07) is 21.0. The van der Waals surface area contributed by atoms with Gasteiger partial charge in [-0.25, -0.2) is 9.29 Å². The molecular formula is C25H19FN2O3S. The summed E-state index contributed by atoms with van der Waals surface area (Å²) in [5.41, 5.74) is 2.47. The number of para-hydroxylation sites is 1. The Balaban J connectivity index is 1.71. The highest BCUT2D eigenvalue weighted by molar-refractivity contribution is 7.80. The molecule has 0 aromatic heterocycles. The maximum absolute atomic E-state index is 14.3. The van der Waals surface area contributed by atoms with Crippen LogP contribution >= 0.6 is 12.2 Å². The van der Waals surface area contributed by atoms with E-state index in [2.05, 4.69) is 5.32 Å². The van der Waals surface area contributed by atoms with E-state index in [9.17, 15) is 14.0 Å². The van der Waals surface area contributed by atoms with Crippen molar-refractivity contribution in [3.8, 4) is 5.75 Å². The minimum absolute atomic E-state index is 0.0205. The number of carbonyl (C=O) groups excluding carboxylic acids is 2. The lowest BCUT2D eigenvalue weighted by molar-refractivity contribution is -0.122. The van der Waals surface area contributed by atoms with Gasteiger partial charge in [0.1, 0.15) is 17.1 Å². The van der Waals surface area contributed by atoms with E-state index in [1.807, 2.05) is 36.4 Å². The molecule has 0 atom stereocenters. The molecule has 1 fully saturated rings. The maximum atomic E-state index is 14.3. The number of halogens is 1. The summed E-state index contributed by atoms with van der Waals surface area (Å²) in [6.07, 6.45) is 2.09. The molecule has 0 bridgehead atoms. The van der Waals surface area contributed by atoms with Crippen molar-refractivity contribution in [1.29, 1.82) is 0 Å². The van der Waals surface area contributed by atoms with Crippen molar-refractivity contribution >= 4 is 40.9 Å². The van der Waals surface area contributed by atoms with E-state index in [-0.39, 0.29) is 16.4 Å². The first-order valence-corrected chi connectivity index (χ1v) is 10.3. The van der Waals surface area contributed by atoms with Gasteiger partial charge in [0.25, 0.3) is 11.8 Å². The molecule has 32 heavy (non-hydrogen) atoms. The van der Waals surface area contributed by atoms with Gasteiger partial charge in [-0.1, -0.05) is 48.5 Å². The van der Waals surface area contributed by atoms with Gasteiger partial charge in [0.15, 0.2) is 5.11 Å². The number of benzene rings is 3. The van der Waals surface area contributed by atoms with Gasteiger partial charge in [0.05, 0.1) is 12.8 Å². The summed E-state index contributed by atoms with van der Waals surface area (Å²) in [5.74, 6) is -1.24. The average Bonchev–Trinajstić information content (AvgIpc) is 2.79. The lowest BCUT2D eigenvalue weighted by Gasteiger charge is -2.29. The summed E-state index contributed by atoms with van der Waals surface area (Å²) in [7, 11) is 1.59. The predicted octanol–water partition coefficient (Wildman–Crippen LogP) is 4.26. The van der Waals surface area contributed by atoms with Gasteiger partial charge in [0.2, 0.25) is 0 Å². The zero-order valence-corrected chi connectivity index (χ0v) is 18.0. The average molecular weight is 447 g/mol. The minimum atomic E-state index is -0.690. The first kappa shape index (κ1) is 21.4. The number of amides is 2. The van der Waals surface area contributed by atoms with Crippen LogP contribution in [0, 0.1) is 5.82 Å². The van der Waals surface area contributed by atoms with Crippen LogP contribution in [0.3, 0.4) is 0 Å². The van der Waals surface area contributed by atoms with Gasteiger partial charge >= 0.3 is 0 Å². The first-order valence-electron chi connectivity index (χ1n) is 9.85. The first-order chi connectivity index (χ1) is 15.5. The molecule has 0 radical (unpaired) electrons. The SMILES string of the molecule is COc1ccc(/C=C2\C(=O)NC(=S)N(c3ccccc3F)C2=O)cc1Cc1ccccc1. The topological polar surface area (TPSA) is 58.6 Å². The summed E-state index contributed by atoms with van der Waals surface area (Å²) < 4.78 is 19.8. The minimum Gasteiger partial charge on any atom is -0.496 e. The quantitative estimate of drug-likeness (QED) is 0.362. The second-order valence-electron chi connectivity index (χ2n) is 7.14. The molecule has 4 rings (SSSR count). The number of ether oxygens (including phenoxy) is 1. The zero-order valence-electron chi connectivity index (χ0n) is 17.2. The molecular weight excluding hydrogens is 427 g/mol. The van der Waals surface area contributed by atoms with Crippen LogP contribution in [0.1, 0.15) is 16.7 Å². The summed E-state index contributed by atoms with van der Waals surface area (Å²) >= 11 is 5.13. The molecule has 1 aliphatic heterocycles. The zero-order chi connectivity index (χ0) is 22.7. The van der Waals surface area contributed by atoms with Crippen LogP contribution < -0.4 is 15.0 Å². The summed E-state index contributed by atoms with van der Waals surface area (Å²) in [6.45, 7) is 0. The van der Waals surface area contributed by atoms with Crippen molar-refractivity contribution in [3.05, 3.63) is 101 Å². The Morgan fingerprint density at radius 1 is 1.03 bits per heavy atom. The van der Waals surface area contributed by atoms with E-state index in [1.165, 1.54) is 24.3 Å². The van der Waals surface area contributed by atoms with Crippen LogP contribution in [0.4, 0.5) is 10.1 Å². The van der Waals surface area contributed by atoms with Crippen LogP contribution in [0.5, 0.6) is 5.75 Å². The van der Waals surface area contributed by atoms with E-state index >= 15 is 0 Å². The molecule has 0 unspecified atom stereocenters. The molecule has 5 nitrogen and oxygen atoms in total. The summed E-state index contributed by atoms with van der Waals surface area (Å²) in [4.78, 5) is 26.7. The van der Waals surface area contributed by atoms with Crippen LogP contribution in [-0.2, 0) is 16.0 Å². The summed E-state index contributed by atoms with van der Waals surface area (Å²) in [5, 5.41) is 2.31. The lowest BCUT2D eigenvalue weighted by atomic mass is 10.00. The standard InChI is InChI=1S/C25H19FN2O3S/c1-31-22-12-11-17(14-18(22)13-16-7-3-2-4-8-16)15-19-23(29)27-25(32)28(24(19)30)21-10-6-5-9-20(21)26/h2-12,14-15H,13H2,1H3,(H,27,29,32)/b19-15+. The fourth-order valence-electron chi connectivity index (χ4n) is 3.52. The number of nitrogens with one attached hydrogen (secondary N) is 1. The molecule has 3 aromatic rings. The largest absolute Gasteiger partial charge is 0.496 e. The Morgan fingerprint density at radius 2 is 1.75 bits per heavy atom. The molecule has 1 N–H and O–H groups in total. The highest BCUT2D eigenvalue weighted by Gasteiger charge is 2.35. The van der Waals surface area contributed by atoms with E-state index in [4.69, 9.17) is 17.0 Å². The maximum Gasteiger partial charge on any atom is 0.270 e. The van der Waals surface area contributed by atoms with Gasteiger partial charge in [-0.05, 0) is 59.2 Å². The van der Waals surface area contributed by atoms with Gasteiger partial charge in [0, 0.05) is 6.42 Å². The number of carbonyl (C=O) groups is 2. The van der Waals surface area contributed by atoms with Crippen molar-refractivity contribution in [2.75, 3.05) is 12.0 Å². The molecule has 1 saturated heterocycles. The van der Waals surface area contributed by atoms with E-state index < -0.39 is 17.6 Å². The smallest absolute Gasteiger partial charge is 0.270 e. The van der Waals surface area contributed by atoms with Crippen molar-refractivity contribution in [3.63, 3.8) is 0 Å². The van der Waals surface area contributed by atoms with Crippen molar-refractivity contribution in [1.82, 2.24) is 5.32 Å². The van der Waals surface area contributed by atoms with E-state index in [0.717, 1.165) is 16.0 Å². The number of rotatable bonds is 5. The van der Waals surface area contributed by atoms with Crippen molar-refractivity contribution < 1.29 is 18.7 Å². The van der Waals surface area contributed by atoms with Gasteiger partial charge < -0.3 is 4.74 Å². The normalized spacial score (nSPS) is 15.1. The third-order valence-electron chi connectivity index (χ3n) is 5.05. The Bertz CT molecular complexity index is 1240. The number of thiocarbonyl (C=S) groups is 1. The predicted molar refractivity (Wildman–Crippen MR) is 125 cm³/mol. The second-order valence-corrected chi connectivity index (χ2v) is 7.53. The third-order valence-corrected chi connectivity index (χ3v) is 5.33. The number of hydrogen-bond donors (Lipinski definition) is 1. The van der Waals surface area contributed by atoms with Crippen LogP contribution in [-0.4, -0.2) is 24.0 Å². The third kappa shape index (κ3) is 4.29. The van der Waals surface area contributed by atoms with Crippen molar-refractivity contribution in [2.24, 2.45) is 0 Å². The fraction of sp³-hybridized carbons (Fsp3) is 0.0800. The molecule has 0 aliphatic carbocycles. The fourth-order valence-corrected chi connectivity index (χ4v) is 3.79. The Hall–Kier alpha value is -3.84. The molecule has 2 amide bonds. The van der Waals surface area contributed by atoms with E-state index in [0.29, 0.717) is 17.7 Å². The monoisotopic (exact) mass is 446 g/mol. The second kappa shape index (κ2) is 9.11. The Labute approximate surface area is 190 Å². The molecule has 1 aliphatic rings. The van der Waals surface area contributed by atoms with Gasteiger partial charge in [-0.15, -0.1) is 0 Å². The molecule has 7 heteroatoms. The number of methoxy groups -OCH3 is 1. The van der Waals surface area contributed by atoms with Crippen LogP contribution in [0.15, 0.2) is 78.4 Å². The van der Waals surface area contributed by atoms with Gasteiger partial charge in [-0.3, -0.25) is 14.9 Å². The van der Waals surface area contributed by atoms with Crippen molar-refractivity contribution in [2.45, 2.75) is 6.42 Å². The number of anilines is 1. The highest BCUT2D eigenvalue weighted by Crippen LogP contribution is 2.27. The molecule has 160 valence electrons. The number of nitrogens with zero attached hydrogens (tertiary/aromatic N) is 1. The molecule has 0 saturated carbocycles. The molecule has 1 heterocycles. The number of hydrogen-bond acceptors (Lipinski definition) is 4. The van der Waals surface area contributed by atoms with E-state index in [1.54, 1.807) is 25.3 Å².